The van der Waals surface area contributed by atoms with Gasteiger partial charge in [0, 0.05) is 5.56 Å². The molecular weight excluding hydrogens is 184 g/mol. The van der Waals surface area contributed by atoms with E-state index < -0.39 is 11.8 Å². The Bertz CT molecular complexity index is 305. The normalized spacial score (nSPS) is 8.64. The number of carbonyl (C=O) groups is 2. The fourth-order valence-corrected chi connectivity index (χ4v) is 0.904. The van der Waals surface area contributed by atoms with Crippen LogP contribution in [0.15, 0.2) is 30.3 Å². The maximum Gasteiger partial charge on any atom is 0.379 e. The summed E-state index contributed by atoms with van der Waals surface area (Å²) in [5.74, 6) is -1.39. The highest BCUT2D eigenvalue weighted by atomic mass is 16.5. The molecule has 0 spiro atoms. The molecule has 1 rings (SSSR count). The summed E-state index contributed by atoms with van der Waals surface area (Å²) in [7, 11) is 0. The number of rotatable bonds is 3. The van der Waals surface area contributed by atoms with Gasteiger partial charge < -0.3 is 10.2 Å². The minimum absolute atomic E-state index is 0. The fraction of sp³-hybridized carbons (Fsp3) is 0.200. The lowest BCUT2D eigenvalue weighted by atomic mass is 10.1. The van der Waals surface area contributed by atoms with Crippen molar-refractivity contribution in [3.8, 4) is 0 Å². The van der Waals surface area contributed by atoms with Crippen molar-refractivity contribution >= 4 is 11.8 Å². The molecule has 1 aromatic rings. The van der Waals surface area contributed by atoms with Gasteiger partial charge in [-0.1, -0.05) is 30.3 Å². The molecule has 2 N–H and O–H groups in total. The Morgan fingerprint density at radius 3 is 2.29 bits per heavy atom. The molecule has 1 aromatic carbocycles. The van der Waals surface area contributed by atoms with Crippen molar-refractivity contribution in [1.29, 1.82) is 0 Å². The molecule has 0 aliphatic rings. The molecule has 0 aliphatic heterocycles. The molecule has 0 aliphatic carbocycles. The second-order valence-corrected chi connectivity index (χ2v) is 2.42. The summed E-state index contributed by atoms with van der Waals surface area (Å²) >= 11 is 0. The molecular formula is C10H12O4. The SMILES string of the molecule is CCOC(=O)C(=O)c1ccccc1.O. The first-order chi connectivity index (χ1) is 6.25. The average Bonchev–Trinajstić information content (AvgIpc) is 2.18. The Kier molecular flexibility index (Phi) is 5.17. The van der Waals surface area contributed by atoms with E-state index in [0.717, 1.165) is 0 Å². The molecule has 0 atom stereocenters. The third-order valence-electron chi connectivity index (χ3n) is 1.50. The van der Waals surface area contributed by atoms with Gasteiger partial charge in [0.1, 0.15) is 0 Å². The van der Waals surface area contributed by atoms with Crippen molar-refractivity contribution in [3.63, 3.8) is 0 Å². The summed E-state index contributed by atoms with van der Waals surface area (Å²) in [6, 6.07) is 8.35. The van der Waals surface area contributed by atoms with E-state index >= 15 is 0 Å². The van der Waals surface area contributed by atoms with Crippen molar-refractivity contribution < 1.29 is 19.8 Å². The van der Waals surface area contributed by atoms with Crippen molar-refractivity contribution in [2.75, 3.05) is 6.61 Å². The lowest BCUT2D eigenvalue weighted by Gasteiger charge is -1.99. The van der Waals surface area contributed by atoms with Gasteiger partial charge in [0.05, 0.1) is 6.61 Å². The molecule has 0 saturated carbocycles. The van der Waals surface area contributed by atoms with Gasteiger partial charge in [0.25, 0.3) is 5.78 Å². The summed E-state index contributed by atoms with van der Waals surface area (Å²) in [4.78, 5) is 22.2. The van der Waals surface area contributed by atoms with Crippen LogP contribution < -0.4 is 0 Å². The van der Waals surface area contributed by atoms with E-state index in [-0.39, 0.29) is 12.1 Å². The van der Waals surface area contributed by atoms with Crippen LogP contribution in [0.4, 0.5) is 0 Å². The molecule has 14 heavy (non-hydrogen) atoms. The van der Waals surface area contributed by atoms with E-state index in [1.807, 2.05) is 0 Å². The zero-order valence-electron chi connectivity index (χ0n) is 7.82. The van der Waals surface area contributed by atoms with Gasteiger partial charge in [-0.25, -0.2) is 4.79 Å². The first kappa shape index (κ1) is 12.3. The fourth-order valence-electron chi connectivity index (χ4n) is 0.904. The van der Waals surface area contributed by atoms with Crippen molar-refractivity contribution in [3.05, 3.63) is 35.9 Å². The predicted molar refractivity (Wildman–Crippen MR) is 51.0 cm³/mol. The highest BCUT2D eigenvalue weighted by Gasteiger charge is 2.15. The zero-order chi connectivity index (χ0) is 9.68. The molecule has 0 unspecified atom stereocenters. The summed E-state index contributed by atoms with van der Waals surface area (Å²) in [6.07, 6.45) is 0. The highest BCUT2D eigenvalue weighted by Crippen LogP contribution is 2.00. The first-order valence-electron chi connectivity index (χ1n) is 4.02. The van der Waals surface area contributed by atoms with Crippen LogP contribution in [0.5, 0.6) is 0 Å². The standard InChI is InChI=1S/C10H10O3.H2O/c1-2-13-10(12)9(11)8-6-4-3-5-7-8;/h3-7H,2H2,1H3;1H2. The van der Waals surface area contributed by atoms with Crippen LogP contribution >= 0.6 is 0 Å². The van der Waals surface area contributed by atoms with E-state index in [2.05, 4.69) is 4.74 Å². The van der Waals surface area contributed by atoms with Crippen molar-refractivity contribution in [1.82, 2.24) is 0 Å². The highest BCUT2D eigenvalue weighted by molar-refractivity contribution is 6.40. The smallest absolute Gasteiger partial charge is 0.379 e. The Labute approximate surface area is 81.8 Å². The number of Topliss-reactive ketones (excluding diaryl/α,β-unsaturated/α-hetero) is 1. The molecule has 0 aromatic heterocycles. The monoisotopic (exact) mass is 196 g/mol. The molecule has 0 saturated heterocycles. The van der Waals surface area contributed by atoms with Crippen LogP contribution in [0.25, 0.3) is 0 Å². The quantitative estimate of drug-likeness (QED) is 0.403. The lowest BCUT2D eigenvalue weighted by Crippen LogP contribution is -2.17. The average molecular weight is 196 g/mol. The molecule has 0 fully saturated rings. The van der Waals surface area contributed by atoms with Gasteiger partial charge >= 0.3 is 5.97 Å². The van der Waals surface area contributed by atoms with E-state index in [9.17, 15) is 9.59 Å². The first-order valence-corrected chi connectivity index (χ1v) is 4.02. The maximum absolute atomic E-state index is 11.3. The number of ketones is 1. The second kappa shape index (κ2) is 5.88. The van der Waals surface area contributed by atoms with E-state index in [1.54, 1.807) is 37.3 Å². The van der Waals surface area contributed by atoms with Crippen LogP contribution in [0, 0.1) is 0 Å². The lowest BCUT2D eigenvalue weighted by molar-refractivity contribution is -0.137. The minimum atomic E-state index is -0.797. The van der Waals surface area contributed by atoms with Crippen LogP contribution in [0.1, 0.15) is 17.3 Å². The molecule has 76 valence electrons. The summed E-state index contributed by atoms with van der Waals surface area (Å²) in [5, 5.41) is 0. The Morgan fingerprint density at radius 2 is 1.79 bits per heavy atom. The number of carbonyl (C=O) groups excluding carboxylic acids is 2. The Balaban J connectivity index is 0.00000169. The number of benzene rings is 1. The number of esters is 1. The molecule has 4 heteroatoms. The van der Waals surface area contributed by atoms with E-state index in [4.69, 9.17) is 0 Å². The Hall–Kier alpha value is -1.68. The van der Waals surface area contributed by atoms with Crippen molar-refractivity contribution in [2.24, 2.45) is 0 Å². The third kappa shape index (κ3) is 2.99. The summed E-state index contributed by atoms with van der Waals surface area (Å²) in [6.45, 7) is 1.88. The van der Waals surface area contributed by atoms with E-state index in [0.29, 0.717) is 5.56 Å². The Morgan fingerprint density at radius 1 is 1.21 bits per heavy atom. The molecule has 0 radical (unpaired) electrons. The van der Waals surface area contributed by atoms with Gasteiger partial charge in [-0.15, -0.1) is 0 Å². The van der Waals surface area contributed by atoms with Crippen LogP contribution in [0.2, 0.25) is 0 Å². The van der Waals surface area contributed by atoms with Gasteiger partial charge in [-0.3, -0.25) is 4.79 Å². The summed E-state index contributed by atoms with van der Waals surface area (Å²) < 4.78 is 4.57. The zero-order valence-corrected chi connectivity index (χ0v) is 7.82. The van der Waals surface area contributed by atoms with Crippen LogP contribution in [0.3, 0.4) is 0 Å². The predicted octanol–water partition coefficient (Wildman–Crippen LogP) is 0.608. The van der Waals surface area contributed by atoms with Crippen LogP contribution in [-0.4, -0.2) is 23.8 Å². The molecule has 0 heterocycles. The van der Waals surface area contributed by atoms with Gasteiger partial charge in [-0.05, 0) is 6.92 Å². The van der Waals surface area contributed by atoms with Gasteiger partial charge in [0.2, 0.25) is 0 Å². The largest absolute Gasteiger partial charge is 0.460 e. The third-order valence-corrected chi connectivity index (χ3v) is 1.50. The molecule has 0 bridgehead atoms. The number of hydrogen-bond donors (Lipinski definition) is 0. The number of hydrogen-bond acceptors (Lipinski definition) is 3. The molecule has 0 amide bonds. The van der Waals surface area contributed by atoms with E-state index in [1.165, 1.54) is 0 Å². The van der Waals surface area contributed by atoms with Gasteiger partial charge in [-0.2, -0.15) is 0 Å². The minimum Gasteiger partial charge on any atom is -0.460 e. The number of ether oxygens (including phenoxy) is 1. The molecule has 4 nitrogen and oxygen atoms in total. The van der Waals surface area contributed by atoms with Gasteiger partial charge in [0.15, 0.2) is 0 Å². The second-order valence-electron chi connectivity index (χ2n) is 2.42. The summed E-state index contributed by atoms with van der Waals surface area (Å²) in [5.41, 5.74) is 0.362. The topological polar surface area (TPSA) is 74.9 Å². The maximum atomic E-state index is 11.3. The van der Waals surface area contributed by atoms with Crippen molar-refractivity contribution in [2.45, 2.75) is 6.92 Å². The van der Waals surface area contributed by atoms with Crippen LogP contribution in [-0.2, 0) is 9.53 Å².